The van der Waals surface area contributed by atoms with Gasteiger partial charge in [-0.15, -0.1) is 0 Å². The molecule has 0 spiro atoms. The van der Waals surface area contributed by atoms with Gasteiger partial charge in [-0.05, 0) is 18.9 Å². The molecule has 0 bridgehead atoms. The van der Waals surface area contributed by atoms with Crippen LogP contribution in [0.4, 0.5) is 0 Å². The molecule has 6 heteroatoms. The van der Waals surface area contributed by atoms with Crippen LogP contribution in [0.25, 0.3) is 0 Å². The topological polar surface area (TPSA) is 67.4 Å². The van der Waals surface area contributed by atoms with Gasteiger partial charge in [0.05, 0.1) is 12.9 Å². The third kappa shape index (κ3) is 4.01. The van der Waals surface area contributed by atoms with Crippen molar-refractivity contribution >= 4 is 10.0 Å². The van der Waals surface area contributed by atoms with E-state index < -0.39 is 10.0 Å². The second-order valence-corrected chi connectivity index (χ2v) is 4.74. The van der Waals surface area contributed by atoms with Gasteiger partial charge in [-0.3, -0.25) is 4.84 Å². The van der Waals surface area contributed by atoms with Crippen molar-refractivity contribution in [3.8, 4) is 0 Å². The summed E-state index contributed by atoms with van der Waals surface area (Å²) in [5, 5.41) is 3.16. The molecule has 0 aromatic rings. The molecule has 0 amide bonds. The Kier molecular flexibility index (Phi) is 3.45. The van der Waals surface area contributed by atoms with E-state index in [0.717, 1.165) is 25.8 Å². The highest BCUT2D eigenvalue weighted by molar-refractivity contribution is 7.88. The fourth-order valence-electron chi connectivity index (χ4n) is 1.12. The van der Waals surface area contributed by atoms with E-state index in [9.17, 15) is 8.42 Å². The van der Waals surface area contributed by atoms with Crippen LogP contribution in [0.3, 0.4) is 0 Å². The summed E-state index contributed by atoms with van der Waals surface area (Å²) in [5.41, 5.74) is 0. The van der Waals surface area contributed by atoms with Crippen molar-refractivity contribution in [3.05, 3.63) is 0 Å². The highest BCUT2D eigenvalue weighted by Crippen LogP contribution is 2.06. The summed E-state index contributed by atoms with van der Waals surface area (Å²) in [7, 11) is -3.21. The highest BCUT2D eigenvalue weighted by Gasteiger charge is 2.14. The molecule has 1 rings (SSSR count). The largest absolute Gasteiger partial charge is 0.316 e. The van der Waals surface area contributed by atoms with Gasteiger partial charge in [0, 0.05) is 6.54 Å². The Hall–Kier alpha value is -0.170. The SMILES string of the molecule is CS(=O)(=O)NOCC1CCNC1. The van der Waals surface area contributed by atoms with Crippen LogP contribution in [0.15, 0.2) is 0 Å². The van der Waals surface area contributed by atoms with Crippen LogP contribution in [0, 0.1) is 5.92 Å². The van der Waals surface area contributed by atoms with Crippen LogP contribution >= 0.6 is 0 Å². The number of nitrogens with one attached hydrogen (secondary N) is 2. The smallest absolute Gasteiger partial charge is 0.230 e. The lowest BCUT2D eigenvalue weighted by atomic mass is 10.1. The summed E-state index contributed by atoms with van der Waals surface area (Å²) < 4.78 is 21.1. The first-order chi connectivity index (χ1) is 5.58. The molecule has 1 fully saturated rings. The monoisotopic (exact) mass is 194 g/mol. The third-order valence-electron chi connectivity index (χ3n) is 1.69. The lowest BCUT2D eigenvalue weighted by Crippen LogP contribution is -2.26. The van der Waals surface area contributed by atoms with E-state index in [2.05, 4.69) is 5.32 Å². The van der Waals surface area contributed by atoms with E-state index in [-0.39, 0.29) is 0 Å². The van der Waals surface area contributed by atoms with E-state index >= 15 is 0 Å². The predicted octanol–water partition coefficient (Wildman–Crippen LogP) is -0.923. The molecule has 0 saturated carbocycles. The van der Waals surface area contributed by atoms with Crippen molar-refractivity contribution in [1.82, 2.24) is 10.2 Å². The van der Waals surface area contributed by atoms with E-state index in [0.29, 0.717) is 12.5 Å². The third-order valence-corrected chi connectivity index (χ3v) is 2.11. The fraction of sp³-hybridized carbons (Fsp3) is 1.00. The molecule has 1 heterocycles. The summed E-state index contributed by atoms with van der Waals surface area (Å²) in [4.78, 5) is 6.80. The molecule has 0 radical (unpaired) electrons. The van der Waals surface area contributed by atoms with Crippen molar-refractivity contribution in [2.24, 2.45) is 5.92 Å². The normalized spacial score (nSPS) is 24.6. The lowest BCUT2D eigenvalue weighted by molar-refractivity contribution is 0.0682. The standard InChI is InChI=1S/C6H14N2O3S/c1-12(9,10)8-11-5-6-2-3-7-4-6/h6-8H,2-5H2,1H3. The number of hydrogen-bond donors (Lipinski definition) is 2. The van der Waals surface area contributed by atoms with Crippen molar-refractivity contribution in [1.29, 1.82) is 0 Å². The average Bonchev–Trinajstić information content (AvgIpc) is 2.36. The van der Waals surface area contributed by atoms with Crippen molar-refractivity contribution < 1.29 is 13.3 Å². The van der Waals surface area contributed by atoms with Gasteiger partial charge in [0.1, 0.15) is 0 Å². The first-order valence-corrected chi connectivity index (χ1v) is 5.76. The maximum Gasteiger partial charge on any atom is 0.230 e. The first-order valence-electron chi connectivity index (χ1n) is 3.87. The highest BCUT2D eigenvalue weighted by atomic mass is 32.2. The van der Waals surface area contributed by atoms with Gasteiger partial charge in [-0.25, -0.2) is 8.42 Å². The Bertz CT molecular complexity index is 221. The number of sulfonamides is 1. The summed E-state index contributed by atoms with van der Waals surface area (Å²) in [6.45, 7) is 2.35. The van der Waals surface area contributed by atoms with Gasteiger partial charge < -0.3 is 5.32 Å². The van der Waals surface area contributed by atoms with Gasteiger partial charge in [0.2, 0.25) is 10.0 Å². The van der Waals surface area contributed by atoms with Crippen LogP contribution in [-0.4, -0.2) is 34.4 Å². The molecule has 1 unspecified atom stereocenters. The molecule has 0 aromatic heterocycles. The van der Waals surface area contributed by atoms with Crippen molar-refractivity contribution in [3.63, 3.8) is 0 Å². The summed E-state index contributed by atoms with van der Waals surface area (Å²) in [5.74, 6) is 0.430. The molecule has 5 nitrogen and oxygen atoms in total. The summed E-state index contributed by atoms with van der Waals surface area (Å²) in [6.07, 6.45) is 2.12. The van der Waals surface area contributed by atoms with Gasteiger partial charge in [0.25, 0.3) is 0 Å². The Morgan fingerprint density at radius 1 is 1.67 bits per heavy atom. The van der Waals surface area contributed by atoms with Crippen LogP contribution < -0.4 is 10.2 Å². The Morgan fingerprint density at radius 2 is 2.42 bits per heavy atom. The van der Waals surface area contributed by atoms with E-state index in [1.807, 2.05) is 4.89 Å². The lowest BCUT2D eigenvalue weighted by Gasteiger charge is -2.07. The number of hydrogen-bond acceptors (Lipinski definition) is 4. The summed E-state index contributed by atoms with van der Waals surface area (Å²) >= 11 is 0. The van der Waals surface area contributed by atoms with Crippen molar-refractivity contribution in [2.75, 3.05) is 26.0 Å². The zero-order valence-corrected chi connectivity index (χ0v) is 7.86. The minimum absolute atomic E-state index is 0.430. The van der Waals surface area contributed by atoms with Gasteiger partial charge in [0.15, 0.2) is 0 Å². The molecular weight excluding hydrogens is 180 g/mol. The molecule has 1 saturated heterocycles. The van der Waals surface area contributed by atoms with Gasteiger partial charge in [-0.1, -0.05) is 4.89 Å². The molecule has 2 N–H and O–H groups in total. The quantitative estimate of drug-likeness (QED) is 0.568. The molecule has 1 aliphatic heterocycles. The first kappa shape index (κ1) is 9.91. The van der Waals surface area contributed by atoms with E-state index in [1.165, 1.54) is 0 Å². The van der Waals surface area contributed by atoms with Crippen LogP contribution in [-0.2, 0) is 14.9 Å². The van der Waals surface area contributed by atoms with Gasteiger partial charge >= 0.3 is 0 Å². The van der Waals surface area contributed by atoms with Crippen LogP contribution in [0.2, 0.25) is 0 Å². The Balaban J connectivity index is 2.09. The zero-order valence-electron chi connectivity index (χ0n) is 7.04. The molecule has 72 valence electrons. The Morgan fingerprint density at radius 3 is 2.92 bits per heavy atom. The van der Waals surface area contributed by atoms with E-state index in [1.54, 1.807) is 0 Å². The zero-order chi connectivity index (χ0) is 9.03. The molecule has 1 aliphatic rings. The molecule has 0 aromatic carbocycles. The second-order valence-electron chi connectivity index (χ2n) is 3.03. The van der Waals surface area contributed by atoms with Crippen molar-refractivity contribution in [2.45, 2.75) is 6.42 Å². The molecule has 12 heavy (non-hydrogen) atoms. The summed E-state index contributed by atoms with van der Waals surface area (Å²) in [6, 6.07) is 0. The average molecular weight is 194 g/mol. The molecule has 1 atom stereocenters. The van der Waals surface area contributed by atoms with E-state index in [4.69, 9.17) is 4.84 Å². The number of rotatable bonds is 4. The second kappa shape index (κ2) is 4.18. The van der Waals surface area contributed by atoms with Gasteiger partial charge in [-0.2, -0.15) is 0 Å². The fourth-order valence-corrected chi connectivity index (χ4v) is 1.40. The molecule has 0 aliphatic carbocycles. The minimum atomic E-state index is -3.21. The van der Waals surface area contributed by atoms with Crippen LogP contribution in [0.1, 0.15) is 6.42 Å². The Labute approximate surface area is 72.5 Å². The maximum absolute atomic E-state index is 10.6. The van der Waals surface area contributed by atoms with Crippen LogP contribution in [0.5, 0.6) is 0 Å². The molecular formula is C6H14N2O3S. The maximum atomic E-state index is 10.6. The minimum Gasteiger partial charge on any atom is -0.316 e. The predicted molar refractivity (Wildman–Crippen MR) is 44.9 cm³/mol.